The van der Waals surface area contributed by atoms with Crippen LogP contribution in [-0.4, -0.2) is 45.7 Å². The summed E-state index contributed by atoms with van der Waals surface area (Å²) < 4.78 is 0. The highest BCUT2D eigenvalue weighted by Gasteiger charge is 2.29. The fourth-order valence-corrected chi connectivity index (χ4v) is 4.18. The van der Waals surface area contributed by atoms with Crippen molar-refractivity contribution < 1.29 is 14.4 Å². The summed E-state index contributed by atoms with van der Waals surface area (Å²) >= 11 is 1.36. The van der Waals surface area contributed by atoms with E-state index in [4.69, 9.17) is 10.7 Å². The summed E-state index contributed by atoms with van der Waals surface area (Å²) in [5.41, 5.74) is 7.19. The first-order valence-electron chi connectivity index (χ1n) is 9.68. The lowest BCUT2D eigenvalue weighted by atomic mass is 9.99. The standard InChI is InChI=1S/C21H21N5O3S/c22-18(27)5-6-19(28)26-9-7-13(12-26)17-11-15(14-3-1-2-4-16(14)24-17)20(29)25-21-23-8-10-30-21/h1-4,8,10-11,13H,5-7,9,12H2,(H2,22,27)(H,23,25,29). The molecule has 1 atom stereocenters. The van der Waals surface area contributed by atoms with Crippen LogP contribution in [0.2, 0.25) is 0 Å². The van der Waals surface area contributed by atoms with Crippen molar-refractivity contribution in [1.82, 2.24) is 14.9 Å². The number of thiazole rings is 1. The summed E-state index contributed by atoms with van der Waals surface area (Å²) in [4.78, 5) is 46.8. The summed E-state index contributed by atoms with van der Waals surface area (Å²) in [7, 11) is 0. The molecule has 0 aliphatic carbocycles. The summed E-state index contributed by atoms with van der Waals surface area (Å²) in [5.74, 6) is -0.777. The van der Waals surface area contributed by atoms with E-state index in [0.29, 0.717) is 23.8 Å². The molecule has 0 radical (unpaired) electrons. The molecule has 4 rings (SSSR count). The highest BCUT2D eigenvalue weighted by atomic mass is 32.1. The van der Waals surface area contributed by atoms with Crippen LogP contribution in [0.15, 0.2) is 41.9 Å². The van der Waals surface area contributed by atoms with Crippen LogP contribution in [0.3, 0.4) is 0 Å². The second-order valence-electron chi connectivity index (χ2n) is 7.19. The van der Waals surface area contributed by atoms with E-state index in [1.165, 1.54) is 11.3 Å². The van der Waals surface area contributed by atoms with E-state index in [1.807, 2.05) is 30.3 Å². The summed E-state index contributed by atoms with van der Waals surface area (Å²) in [6.45, 7) is 1.11. The zero-order valence-electron chi connectivity index (χ0n) is 16.2. The maximum absolute atomic E-state index is 12.9. The highest BCUT2D eigenvalue weighted by Crippen LogP contribution is 2.30. The van der Waals surface area contributed by atoms with Crippen LogP contribution in [0.5, 0.6) is 0 Å². The lowest BCUT2D eigenvalue weighted by Gasteiger charge is -2.17. The van der Waals surface area contributed by atoms with Gasteiger partial charge in [0.2, 0.25) is 11.8 Å². The zero-order chi connectivity index (χ0) is 21.1. The lowest BCUT2D eigenvalue weighted by Crippen LogP contribution is -2.29. The number of fused-ring (bicyclic) bond motifs is 1. The molecule has 0 saturated carbocycles. The first-order chi connectivity index (χ1) is 14.5. The Morgan fingerprint density at radius 3 is 2.83 bits per heavy atom. The van der Waals surface area contributed by atoms with Crippen molar-refractivity contribution in [3.8, 4) is 0 Å². The van der Waals surface area contributed by atoms with Gasteiger partial charge in [0.05, 0.1) is 11.1 Å². The lowest BCUT2D eigenvalue weighted by molar-refractivity contribution is -0.132. The Kier molecular flexibility index (Phi) is 5.71. The van der Waals surface area contributed by atoms with Crippen molar-refractivity contribution in [2.75, 3.05) is 18.4 Å². The number of aromatic nitrogens is 2. The number of nitrogens with two attached hydrogens (primary N) is 1. The van der Waals surface area contributed by atoms with Gasteiger partial charge in [-0.3, -0.25) is 24.7 Å². The molecular weight excluding hydrogens is 402 g/mol. The minimum atomic E-state index is -0.480. The maximum atomic E-state index is 12.9. The van der Waals surface area contributed by atoms with Crippen molar-refractivity contribution in [3.63, 3.8) is 0 Å². The van der Waals surface area contributed by atoms with Gasteiger partial charge in [0.25, 0.3) is 5.91 Å². The SMILES string of the molecule is NC(=O)CCC(=O)N1CCC(c2cc(C(=O)Nc3nccs3)c3ccccc3n2)C1. The second-order valence-corrected chi connectivity index (χ2v) is 8.09. The van der Waals surface area contributed by atoms with Crippen LogP contribution in [-0.2, 0) is 9.59 Å². The monoisotopic (exact) mass is 423 g/mol. The summed E-state index contributed by atoms with van der Waals surface area (Å²) in [6.07, 6.45) is 2.56. The molecule has 3 aromatic rings. The molecule has 0 bridgehead atoms. The van der Waals surface area contributed by atoms with Gasteiger partial charge in [0, 0.05) is 54.5 Å². The van der Waals surface area contributed by atoms with Gasteiger partial charge in [-0.1, -0.05) is 18.2 Å². The Morgan fingerprint density at radius 1 is 1.23 bits per heavy atom. The molecule has 154 valence electrons. The zero-order valence-corrected chi connectivity index (χ0v) is 17.0. The molecule has 3 N–H and O–H groups in total. The molecule has 1 aliphatic heterocycles. The average Bonchev–Trinajstić information content (AvgIpc) is 3.43. The summed E-state index contributed by atoms with van der Waals surface area (Å²) in [5, 5.41) is 5.94. The molecule has 3 amide bonds. The van der Waals surface area contributed by atoms with Crippen LogP contribution < -0.4 is 11.1 Å². The molecule has 1 unspecified atom stereocenters. The highest BCUT2D eigenvalue weighted by molar-refractivity contribution is 7.13. The minimum Gasteiger partial charge on any atom is -0.370 e. The molecule has 2 aromatic heterocycles. The first kappa shape index (κ1) is 20.0. The van der Waals surface area contributed by atoms with Gasteiger partial charge >= 0.3 is 0 Å². The van der Waals surface area contributed by atoms with Crippen LogP contribution in [0, 0.1) is 0 Å². The van der Waals surface area contributed by atoms with Crippen molar-refractivity contribution in [2.45, 2.75) is 25.2 Å². The fraction of sp³-hybridized carbons (Fsp3) is 0.286. The molecule has 8 nitrogen and oxygen atoms in total. The third-order valence-corrected chi connectivity index (χ3v) is 5.87. The Hall–Kier alpha value is -3.33. The van der Waals surface area contributed by atoms with Crippen LogP contribution in [0.25, 0.3) is 10.9 Å². The number of nitrogens with zero attached hydrogens (tertiary/aromatic N) is 3. The molecule has 1 aliphatic rings. The van der Waals surface area contributed by atoms with E-state index in [-0.39, 0.29) is 30.6 Å². The van der Waals surface area contributed by atoms with E-state index in [1.54, 1.807) is 16.5 Å². The number of hydrogen-bond donors (Lipinski definition) is 2. The predicted molar refractivity (Wildman–Crippen MR) is 114 cm³/mol. The third kappa shape index (κ3) is 4.30. The largest absolute Gasteiger partial charge is 0.370 e. The van der Waals surface area contributed by atoms with Crippen molar-refractivity contribution in [1.29, 1.82) is 0 Å². The third-order valence-electron chi connectivity index (χ3n) is 5.18. The van der Waals surface area contributed by atoms with Gasteiger partial charge in [-0.15, -0.1) is 11.3 Å². The molecule has 1 aromatic carbocycles. The Labute approximate surface area is 177 Å². The number of nitrogens with one attached hydrogen (secondary N) is 1. The predicted octanol–water partition coefficient (Wildman–Crippen LogP) is 2.52. The molecule has 30 heavy (non-hydrogen) atoms. The Bertz CT molecular complexity index is 1100. The van der Waals surface area contributed by atoms with Gasteiger partial charge in [-0.05, 0) is 18.6 Å². The number of benzene rings is 1. The molecule has 9 heteroatoms. The number of primary amides is 1. The molecule has 3 heterocycles. The maximum Gasteiger partial charge on any atom is 0.258 e. The minimum absolute atomic E-state index is 0.0264. The van der Waals surface area contributed by atoms with E-state index in [9.17, 15) is 14.4 Å². The molecular formula is C21H21N5O3S. The van der Waals surface area contributed by atoms with Gasteiger partial charge in [0.1, 0.15) is 0 Å². The van der Waals surface area contributed by atoms with E-state index < -0.39 is 5.91 Å². The molecule has 1 saturated heterocycles. The first-order valence-corrected chi connectivity index (χ1v) is 10.6. The van der Waals surface area contributed by atoms with Crippen molar-refractivity contribution in [2.24, 2.45) is 5.73 Å². The van der Waals surface area contributed by atoms with Crippen LogP contribution in [0.1, 0.15) is 41.2 Å². The number of amides is 3. The molecule has 0 spiro atoms. The number of carbonyl (C=O) groups excluding carboxylic acids is 3. The normalized spacial score (nSPS) is 16.0. The van der Waals surface area contributed by atoms with E-state index in [2.05, 4.69) is 10.3 Å². The number of para-hydroxylation sites is 1. The van der Waals surface area contributed by atoms with Gasteiger partial charge in [-0.2, -0.15) is 0 Å². The van der Waals surface area contributed by atoms with Crippen molar-refractivity contribution in [3.05, 3.63) is 53.2 Å². The number of carbonyl (C=O) groups is 3. The van der Waals surface area contributed by atoms with Gasteiger partial charge in [0.15, 0.2) is 5.13 Å². The Balaban J connectivity index is 1.58. The number of anilines is 1. The number of likely N-dealkylation sites (tertiary alicyclic amines) is 1. The van der Waals surface area contributed by atoms with Crippen molar-refractivity contribution >= 4 is 45.1 Å². The quantitative estimate of drug-likeness (QED) is 0.632. The average molecular weight is 423 g/mol. The number of pyridine rings is 1. The van der Waals surface area contributed by atoms with Gasteiger partial charge in [-0.25, -0.2) is 4.98 Å². The van der Waals surface area contributed by atoms with Gasteiger partial charge < -0.3 is 10.6 Å². The Morgan fingerprint density at radius 2 is 2.07 bits per heavy atom. The molecule has 1 fully saturated rings. The topological polar surface area (TPSA) is 118 Å². The smallest absolute Gasteiger partial charge is 0.258 e. The fourth-order valence-electron chi connectivity index (χ4n) is 3.66. The van der Waals surface area contributed by atoms with E-state index in [0.717, 1.165) is 23.0 Å². The van der Waals surface area contributed by atoms with Crippen LogP contribution >= 0.6 is 11.3 Å². The number of rotatable bonds is 6. The second kappa shape index (κ2) is 8.58. The van der Waals surface area contributed by atoms with Crippen LogP contribution in [0.4, 0.5) is 5.13 Å². The summed E-state index contributed by atoms with van der Waals surface area (Å²) in [6, 6.07) is 9.32. The van der Waals surface area contributed by atoms with E-state index >= 15 is 0 Å². The number of hydrogen-bond acceptors (Lipinski definition) is 6.